The minimum Gasteiger partial charge on any atom is -0.369 e. The molecule has 1 aromatic rings. The van der Waals surface area contributed by atoms with E-state index in [0.29, 0.717) is 6.54 Å². The second-order valence-corrected chi connectivity index (χ2v) is 5.82. The van der Waals surface area contributed by atoms with Crippen LogP contribution >= 0.6 is 24.8 Å². The highest BCUT2D eigenvalue weighted by Crippen LogP contribution is 2.17. The normalized spacial score (nSPS) is 15.7. The quantitative estimate of drug-likeness (QED) is 0.693. The summed E-state index contributed by atoms with van der Waals surface area (Å²) in [5, 5.41) is 6.15. The molecule has 0 aromatic heterocycles. The monoisotopic (exact) mass is 394 g/mol. The highest BCUT2D eigenvalue weighted by molar-refractivity contribution is 5.85. The van der Waals surface area contributed by atoms with Gasteiger partial charge >= 0.3 is 0 Å². The number of carbonyl (C=O) groups is 1. The Hall–Kier alpha value is -1.08. The number of hydrogen-bond acceptors (Lipinski definition) is 4. The summed E-state index contributed by atoms with van der Waals surface area (Å²) in [5.74, 6) is -0.131. The lowest BCUT2D eigenvalue weighted by Gasteiger charge is -2.38. The summed E-state index contributed by atoms with van der Waals surface area (Å²) in [7, 11) is 0. The number of nitrogens with one attached hydrogen (secondary N) is 2. The zero-order valence-electron chi connectivity index (χ0n) is 14.8. The highest BCUT2D eigenvalue weighted by atomic mass is 35.5. The number of piperazine rings is 1. The third-order valence-electron chi connectivity index (χ3n) is 4.28. The summed E-state index contributed by atoms with van der Waals surface area (Å²) in [5.41, 5.74) is 1.04. The Morgan fingerprint density at radius 3 is 2.28 bits per heavy atom. The van der Waals surface area contributed by atoms with Gasteiger partial charge in [-0.1, -0.05) is 6.92 Å². The first-order valence-electron chi connectivity index (χ1n) is 8.34. The van der Waals surface area contributed by atoms with Gasteiger partial charge in [-0.05, 0) is 37.7 Å². The Morgan fingerprint density at radius 1 is 1.12 bits per heavy atom. The van der Waals surface area contributed by atoms with Gasteiger partial charge in [0.05, 0.1) is 6.04 Å². The Labute approximate surface area is 162 Å². The third-order valence-corrected chi connectivity index (χ3v) is 4.28. The summed E-state index contributed by atoms with van der Waals surface area (Å²) in [6.07, 6.45) is 0. The van der Waals surface area contributed by atoms with E-state index in [0.717, 1.165) is 45.0 Å². The van der Waals surface area contributed by atoms with Crippen LogP contribution in [0.1, 0.15) is 13.8 Å². The maximum absolute atomic E-state index is 13.0. The zero-order valence-corrected chi connectivity index (χ0v) is 16.5. The van der Waals surface area contributed by atoms with E-state index in [9.17, 15) is 9.18 Å². The molecule has 1 fully saturated rings. The average Bonchev–Trinajstić information content (AvgIpc) is 2.59. The molecule has 1 amide bonds. The van der Waals surface area contributed by atoms with Crippen molar-refractivity contribution >= 4 is 36.4 Å². The molecule has 1 atom stereocenters. The Kier molecular flexibility index (Phi) is 11.8. The molecular weight excluding hydrogens is 366 g/mol. The van der Waals surface area contributed by atoms with Crippen molar-refractivity contribution in [1.29, 1.82) is 0 Å². The van der Waals surface area contributed by atoms with Crippen LogP contribution in [0.2, 0.25) is 0 Å². The number of carbonyl (C=O) groups excluding carboxylic acids is 1. The van der Waals surface area contributed by atoms with Crippen LogP contribution in [0.15, 0.2) is 24.3 Å². The molecule has 1 aliphatic heterocycles. The summed E-state index contributed by atoms with van der Waals surface area (Å²) >= 11 is 0. The van der Waals surface area contributed by atoms with Gasteiger partial charge in [0.25, 0.3) is 0 Å². The smallest absolute Gasteiger partial charge is 0.237 e. The number of halogens is 3. The molecule has 144 valence electrons. The van der Waals surface area contributed by atoms with Crippen molar-refractivity contribution in [2.24, 2.45) is 0 Å². The SMILES string of the molecule is CCNCCNC(=O)C(C)N1CCN(c2ccc(F)cc2)CC1.Cl.Cl. The van der Waals surface area contributed by atoms with Gasteiger partial charge < -0.3 is 15.5 Å². The van der Waals surface area contributed by atoms with Gasteiger partial charge in [-0.2, -0.15) is 0 Å². The first-order chi connectivity index (χ1) is 11.1. The van der Waals surface area contributed by atoms with Crippen LogP contribution in [0.25, 0.3) is 0 Å². The van der Waals surface area contributed by atoms with Crippen molar-refractivity contribution < 1.29 is 9.18 Å². The standard InChI is InChI=1S/C17H27FN4O.2ClH/c1-3-19-8-9-20-17(23)14(2)21-10-12-22(13-11-21)16-6-4-15(18)5-7-16;;/h4-7,14,19H,3,8-13H2,1-2H3,(H,20,23);2*1H. The third kappa shape index (κ3) is 7.36. The molecule has 5 nitrogen and oxygen atoms in total. The second kappa shape index (κ2) is 12.3. The fourth-order valence-corrected chi connectivity index (χ4v) is 2.78. The van der Waals surface area contributed by atoms with E-state index in [1.54, 1.807) is 0 Å². The molecule has 0 bridgehead atoms. The number of benzene rings is 1. The van der Waals surface area contributed by atoms with Crippen molar-refractivity contribution in [2.75, 3.05) is 50.7 Å². The molecule has 25 heavy (non-hydrogen) atoms. The van der Waals surface area contributed by atoms with Gasteiger partial charge in [-0.25, -0.2) is 4.39 Å². The van der Waals surface area contributed by atoms with Crippen LogP contribution in [0.5, 0.6) is 0 Å². The molecule has 1 aliphatic rings. The van der Waals surface area contributed by atoms with Crippen molar-refractivity contribution in [3.05, 3.63) is 30.1 Å². The molecule has 0 radical (unpaired) electrons. The molecule has 1 unspecified atom stereocenters. The van der Waals surface area contributed by atoms with E-state index in [4.69, 9.17) is 0 Å². The van der Waals surface area contributed by atoms with E-state index in [2.05, 4.69) is 20.4 Å². The summed E-state index contributed by atoms with van der Waals surface area (Å²) in [6.45, 7) is 9.73. The molecule has 1 saturated heterocycles. The van der Waals surface area contributed by atoms with E-state index in [-0.39, 0.29) is 42.6 Å². The van der Waals surface area contributed by atoms with Crippen LogP contribution in [0.4, 0.5) is 10.1 Å². The van der Waals surface area contributed by atoms with Crippen molar-refractivity contribution in [3.8, 4) is 0 Å². The first kappa shape index (κ1) is 23.9. The van der Waals surface area contributed by atoms with Gasteiger partial charge in [0.15, 0.2) is 0 Å². The highest BCUT2D eigenvalue weighted by Gasteiger charge is 2.25. The van der Waals surface area contributed by atoms with Gasteiger partial charge in [-0.3, -0.25) is 9.69 Å². The molecule has 8 heteroatoms. The fourth-order valence-electron chi connectivity index (χ4n) is 2.78. The number of amides is 1. The number of rotatable bonds is 7. The molecule has 1 aromatic carbocycles. The van der Waals surface area contributed by atoms with Crippen molar-refractivity contribution in [2.45, 2.75) is 19.9 Å². The summed E-state index contributed by atoms with van der Waals surface area (Å²) in [4.78, 5) is 16.6. The van der Waals surface area contributed by atoms with Crippen LogP contribution in [0.3, 0.4) is 0 Å². The van der Waals surface area contributed by atoms with Gasteiger partial charge in [0, 0.05) is 45.0 Å². The van der Waals surface area contributed by atoms with Crippen molar-refractivity contribution in [3.63, 3.8) is 0 Å². The Morgan fingerprint density at radius 2 is 1.72 bits per heavy atom. The van der Waals surface area contributed by atoms with E-state index in [1.165, 1.54) is 12.1 Å². The molecule has 2 rings (SSSR count). The van der Waals surface area contributed by atoms with Crippen LogP contribution in [-0.2, 0) is 4.79 Å². The molecule has 2 N–H and O–H groups in total. The lowest BCUT2D eigenvalue weighted by Crippen LogP contribution is -2.54. The average molecular weight is 395 g/mol. The number of anilines is 1. The number of hydrogen-bond donors (Lipinski definition) is 2. The van der Waals surface area contributed by atoms with Gasteiger partial charge in [-0.15, -0.1) is 24.8 Å². The molecule has 0 spiro atoms. The Bertz CT molecular complexity index is 496. The lowest BCUT2D eigenvalue weighted by molar-refractivity contribution is -0.125. The Balaban J connectivity index is 0.00000288. The van der Waals surface area contributed by atoms with Gasteiger partial charge in [0.2, 0.25) is 5.91 Å². The molecular formula is C17H29Cl2FN4O. The lowest BCUT2D eigenvalue weighted by atomic mass is 10.2. The number of nitrogens with zero attached hydrogens (tertiary/aromatic N) is 2. The fraction of sp³-hybridized carbons (Fsp3) is 0.588. The van der Waals surface area contributed by atoms with Crippen LogP contribution in [0, 0.1) is 5.82 Å². The number of likely N-dealkylation sites (N-methyl/N-ethyl adjacent to an activating group) is 1. The molecule has 0 saturated carbocycles. The molecule has 0 aliphatic carbocycles. The summed E-state index contributed by atoms with van der Waals surface area (Å²) in [6, 6.07) is 6.47. The molecule has 1 heterocycles. The van der Waals surface area contributed by atoms with Crippen LogP contribution in [-0.4, -0.2) is 62.7 Å². The van der Waals surface area contributed by atoms with Crippen molar-refractivity contribution in [1.82, 2.24) is 15.5 Å². The topological polar surface area (TPSA) is 47.6 Å². The van der Waals surface area contributed by atoms with Gasteiger partial charge in [0.1, 0.15) is 5.82 Å². The predicted molar refractivity (Wildman–Crippen MR) is 106 cm³/mol. The van der Waals surface area contributed by atoms with Crippen LogP contribution < -0.4 is 15.5 Å². The predicted octanol–water partition coefficient (Wildman–Crippen LogP) is 1.91. The van der Waals surface area contributed by atoms with E-state index in [1.807, 2.05) is 26.0 Å². The minimum absolute atomic E-state index is 0. The largest absolute Gasteiger partial charge is 0.369 e. The maximum Gasteiger partial charge on any atom is 0.237 e. The zero-order chi connectivity index (χ0) is 16.7. The maximum atomic E-state index is 13.0. The van der Waals surface area contributed by atoms with E-state index < -0.39 is 0 Å². The second-order valence-electron chi connectivity index (χ2n) is 5.82. The first-order valence-corrected chi connectivity index (χ1v) is 8.34. The summed E-state index contributed by atoms with van der Waals surface area (Å²) < 4.78 is 13.0. The van der Waals surface area contributed by atoms with E-state index >= 15 is 0 Å². The minimum atomic E-state index is -0.213.